The van der Waals surface area contributed by atoms with E-state index in [4.69, 9.17) is 5.73 Å². The molecule has 68 valence electrons. The first-order valence-corrected chi connectivity index (χ1v) is 4.58. The van der Waals surface area contributed by atoms with Gasteiger partial charge >= 0.3 is 0 Å². The zero-order chi connectivity index (χ0) is 9.31. The molecule has 2 N–H and O–H groups in total. The summed E-state index contributed by atoms with van der Waals surface area (Å²) in [4.78, 5) is 4.33. The Morgan fingerprint density at radius 3 is 2.69 bits per heavy atom. The van der Waals surface area contributed by atoms with E-state index in [1.807, 2.05) is 12.3 Å². The Labute approximate surface area is 78.5 Å². The Morgan fingerprint density at radius 2 is 2.08 bits per heavy atom. The van der Waals surface area contributed by atoms with Crippen LogP contribution in [-0.2, 0) is 5.54 Å². The van der Waals surface area contributed by atoms with E-state index in [1.54, 1.807) is 0 Å². The van der Waals surface area contributed by atoms with Gasteiger partial charge in [0, 0.05) is 6.20 Å². The van der Waals surface area contributed by atoms with Crippen LogP contribution in [0.25, 0.3) is 0 Å². The summed E-state index contributed by atoms with van der Waals surface area (Å²) in [5.41, 5.74) is 8.22. The first kappa shape index (κ1) is 8.45. The molecule has 1 aliphatic carbocycles. The van der Waals surface area contributed by atoms with Crippen molar-refractivity contribution in [3.8, 4) is 0 Å². The van der Waals surface area contributed by atoms with E-state index in [1.165, 1.54) is 5.56 Å². The molecule has 0 unspecified atom stereocenters. The highest BCUT2D eigenvalue weighted by atomic mass is 14.8. The van der Waals surface area contributed by atoms with Crippen LogP contribution in [0.15, 0.2) is 30.5 Å². The quantitative estimate of drug-likeness (QED) is 0.660. The number of pyridine rings is 1. The minimum absolute atomic E-state index is 0.244. The summed E-state index contributed by atoms with van der Waals surface area (Å²) in [5.74, 6) is 0. The SMILES string of the molecule is Cc1ccnc(C2(N)CC=CC2)c1. The predicted molar refractivity (Wildman–Crippen MR) is 53.2 cm³/mol. The zero-order valence-corrected chi connectivity index (χ0v) is 7.83. The number of hydrogen-bond acceptors (Lipinski definition) is 2. The Kier molecular flexibility index (Phi) is 1.93. The fourth-order valence-electron chi connectivity index (χ4n) is 1.69. The predicted octanol–water partition coefficient (Wildman–Crippen LogP) is 1.89. The number of nitrogens with two attached hydrogens (primary N) is 1. The minimum Gasteiger partial charge on any atom is -0.320 e. The summed E-state index contributed by atoms with van der Waals surface area (Å²) < 4.78 is 0. The maximum atomic E-state index is 6.22. The number of aryl methyl sites for hydroxylation is 1. The van der Waals surface area contributed by atoms with Crippen molar-refractivity contribution in [3.63, 3.8) is 0 Å². The molecule has 0 saturated heterocycles. The van der Waals surface area contributed by atoms with Gasteiger partial charge in [0.15, 0.2) is 0 Å². The van der Waals surface area contributed by atoms with Crippen molar-refractivity contribution in [1.82, 2.24) is 4.98 Å². The maximum absolute atomic E-state index is 6.22. The molecule has 0 bridgehead atoms. The highest BCUT2D eigenvalue weighted by Crippen LogP contribution is 2.30. The van der Waals surface area contributed by atoms with Crippen molar-refractivity contribution in [2.75, 3.05) is 0 Å². The summed E-state index contributed by atoms with van der Waals surface area (Å²) >= 11 is 0. The van der Waals surface area contributed by atoms with E-state index in [-0.39, 0.29) is 5.54 Å². The second-order valence-electron chi connectivity index (χ2n) is 3.75. The van der Waals surface area contributed by atoms with Gasteiger partial charge in [0.25, 0.3) is 0 Å². The van der Waals surface area contributed by atoms with Crippen molar-refractivity contribution < 1.29 is 0 Å². The van der Waals surface area contributed by atoms with Crippen molar-refractivity contribution in [2.45, 2.75) is 25.3 Å². The average Bonchev–Trinajstić information content (AvgIpc) is 2.54. The molecular weight excluding hydrogens is 160 g/mol. The van der Waals surface area contributed by atoms with Crippen molar-refractivity contribution in [2.24, 2.45) is 5.73 Å². The Balaban J connectivity index is 2.35. The van der Waals surface area contributed by atoms with E-state index in [0.29, 0.717) is 0 Å². The fraction of sp³-hybridized carbons (Fsp3) is 0.364. The van der Waals surface area contributed by atoms with Gasteiger partial charge in [0.05, 0.1) is 11.2 Å². The van der Waals surface area contributed by atoms with E-state index < -0.39 is 0 Å². The second-order valence-corrected chi connectivity index (χ2v) is 3.75. The number of aromatic nitrogens is 1. The van der Waals surface area contributed by atoms with E-state index in [9.17, 15) is 0 Å². The van der Waals surface area contributed by atoms with Crippen molar-refractivity contribution in [1.29, 1.82) is 0 Å². The first-order chi connectivity index (χ1) is 6.21. The van der Waals surface area contributed by atoms with Gasteiger partial charge in [-0.3, -0.25) is 4.98 Å². The molecule has 0 fully saturated rings. The highest BCUT2D eigenvalue weighted by molar-refractivity contribution is 5.25. The normalized spacial score (nSPS) is 19.2. The lowest BCUT2D eigenvalue weighted by Gasteiger charge is -2.22. The Bertz CT molecular complexity index is 334. The third-order valence-electron chi connectivity index (χ3n) is 2.56. The van der Waals surface area contributed by atoms with Crippen molar-refractivity contribution >= 4 is 0 Å². The second kappa shape index (κ2) is 2.96. The lowest BCUT2D eigenvalue weighted by Crippen LogP contribution is -2.34. The van der Waals surface area contributed by atoms with Crippen LogP contribution < -0.4 is 5.73 Å². The van der Waals surface area contributed by atoms with Gasteiger partial charge in [-0.2, -0.15) is 0 Å². The van der Waals surface area contributed by atoms with Gasteiger partial charge in [-0.15, -0.1) is 0 Å². The zero-order valence-electron chi connectivity index (χ0n) is 7.83. The molecule has 0 radical (unpaired) electrons. The van der Waals surface area contributed by atoms with Crippen molar-refractivity contribution in [3.05, 3.63) is 41.7 Å². The fourth-order valence-corrected chi connectivity index (χ4v) is 1.69. The minimum atomic E-state index is -0.244. The van der Waals surface area contributed by atoms with Crippen LogP contribution in [0.4, 0.5) is 0 Å². The molecule has 1 aliphatic rings. The molecule has 2 nitrogen and oxygen atoms in total. The topological polar surface area (TPSA) is 38.9 Å². The third kappa shape index (κ3) is 1.49. The molecule has 13 heavy (non-hydrogen) atoms. The number of hydrogen-bond donors (Lipinski definition) is 1. The van der Waals surface area contributed by atoms with Gasteiger partial charge in [-0.25, -0.2) is 0 Å². The molecule has 1 aromatic heterocycles. The third-order valence-corrected chi connectivity index (χ3v) is 2.56. The number of nitrogens with zero attached hydrogens (tertiary/aromatic N) is 1. The molecule has 2 heteroatoms. The molecule has 2 rings (SSSR count). The molecule has 0 atom stereocenters. The van der Waals surface area contributed by atoms with Gasteiger partial charge in [0.1, 0.15) is 0 Å². The summed E-state index contributed by atoms with van der Waals surface area (Å²) in [7, 11) is 0. The van der Waals surface area contributed by atoms with E-state index >= 15 is 0 Å². The largest absolute Gasteiger partial charge is 0.320 e. The lowest BCUT2D eigenvalue weighted by molar-refractivity contribution is 0.465. The number of rotatable bonds is 1. The van der Waals surface area contributed by atoms with Crippen LogP contribution in [0.5, 0.6) is 0 Å². The van der Waals surface area contributed by atoms with Crippen LogP contribution in [0.2, 0.25) is 0 Å². The maximum Gasteiger partial charge on any atom is 0.0653 e. The highest BCUT2D eigenvalue weighted by Gasteiger charge is 2.29. The smallest absolute Gasteiger partial charge is 0.0653 e. The van der Waals surface area contributed by atoms with Gasteiger partial charge < -0.3 is 5.73 Å². The molecule has 0 spiro atoms. The van der Waals surface area contributed by atoms with E-state index in [0.717, 1.165) is 18.5 Å². The average molecular weight is 174 g/mol. The molecular formula is C11H14N2. The van der Waals surface area contributed by atoms with Crippen LogP contribution in [0.3, 0.4) is 0 Å². The van der Waals surface area contributed by atoms with Crippen LogP contribution in [0, 0.1) is 6.92 Å². The summed E-state index contributed by atoms with van der Waals surface area (Å²) in [6.07, 6.45) is 7.90. The molecule has 0 amide bonds. The van der Waals surface area contributed by atoms with Crippen LogP contribution in [0.1, 0.15) is 24.1 Å². The lowest BCUT2D eigenvalue weighted by atomic mass is 9.92. The molecule has 0 aromatic carbocycles. The Hall–Kier alpha value is -1.15. The Morgan fingerprint density at radius 1 is 1.38 bits per heavy atom. The standard InChI is InChI=1S/C11H14N2/c1-9-4-7-13-10(8-9)11(12)5-2-3-6-11/h2-4,7-8H,5-6,12H2,1H3. The molecule has 0 saturated carbocycles. The van der Waals surface area contributed by atoms with Gasteiger partial charge in [-0.1, -0.05) is 12.2 Å². The van der Waals surface area contributed by atoms with E-state index in [2.05, 4.69) is 30.1 Å². The molecule has 1 aromatic rings. The molecule has 0 aliphatic heterocycles. The summed E-state index contributed by atoms with van der Waals surface area (Å²) in [6, 6.07) is 4.07. The monoisotopic (exact) mass is 174 g/mol. The summed E-state index contributed by atoms with van der Waals surface area (Å²) in [5, 5.41) is 0. The van der Waals surface area contributed by atoms with Crippen LogP contribution in [-0.4, -0.2) is 4.98 Å². The van der Waals surface area contributed by atoms with Gasteiger partial charge in [-0.05, 0) is 37.5 Å². The molecule has 1 heterocycles. The van der Waals surface area contributed by atoms with Gasteiger partial charge in [0.2, 0.25) is 0 Å². The first-order valence-electron chi connectivity index (χ1n) is 4.58. The van der Waals surface area contributed by atoms with Crippen LogP contribution >= 0.6 is 0 Å². The summed E-state index contributed by atoms with van der Waals surface area (Å²) in [6.45, 7) is 2.07.